The van der Waals surface area contributed by atoms with Crippen LogP contribution in [0.3, 0.4) is 0 Å². The first-order chi connectivity index (χ1) is 10.1. The topological polar surface area (TPSA) is 44.5 Å². The predicted octanol–water partition coefficient (Wildman–Crippen LogP) is 3.57. The molecule has 2 unspecified atom stereocenters. The Balaban J connectivity index is 1.76. The fourth-order valence-electron chi connectivity index (χ4n) is 3.90. The quantitative estimate of drug-likeness (QED) is 0.926. The number of benzene rings is 1. The summed E-state index contributed by atoms with van der Waals surface area (Å²) in [5.41, 5.74) is 6.99. The second kappa shape index (κ2) is 5.93. The molecule has 2 fully saturated rings. The van der Waals surface area contributed by atoms with E-state index in [4.69, 9.17) is 15.2 Å². The van der Waals surface area contributed by atoms with Gasteiger partial charge >= 0.3 is 0 Å². The Bertz CT molecular complexity index is 500. The zero-order chi connectivity index (χ0) is 14.9. The molecule has 1 aliphatic heterocycles. The molecule has 1 spiro atoms. The molecule has 4 heteroatoms. The van der Waals surface area contributed by atoms with E-state index in [1.54, 1.807) is 12.1 Å². The van der Waals surface area contributed by atoms with Gasteiger partial charge in [-0.05, 0) is 37.7 Å². The van der Waals surface area contributed by atoms with E-state index in [1.165, 1.54) is 26.0 Å². The van der Waals surface area contributed by atoms with Crippen molar-refractivity contribution in [3.05, 3.63) is 29.6 Å². The second-order valence-corrected chi connectivity index (χ2v) is 6.40. The summed E-state index contributed by atoms with van der Waals surface area (Å²) < 4.78 is 25.3. The minimum atomic E-state index is -0.270. The summed E-state index contributed by atoms with van der Waals surface area (Å²) in [6.45, 7) is 0.746. The number of methoxy groups -OCH3 is 1. The Morgan fingerprint density at radius 2 is 2.14 bits per heavy atom. The van der Waals surface area contributed by atoms with Crippen LogP contribution in [0, 0.1) is 11.7 Å². The third-order valence-corrected chi connectivity index (χ3v) is 5.12. The summed E-state index contributed by atoms with van der Waals surface area (Å²) in [4.78, 5) is 0. The van der Waals surface area contributed by atoms with Crippen LogP contribution in [-0.4, -0.2) is 19.3 Å². The highest BCUT2D eigenvalue weighted by molar-refractivity contribution is 5.31. The molecule has 1 saturated carbocycles. The third kappa shape index (κ3) is 2.92. The highest BCUT2D eigenvalue weighted by atomic mass is 19.1. The van der Waals surface area contributed by atoms with Crippen LogP contribution < -0.4 is 10.5 Å². The monoisotopic (exact) mass is 293 g/mol. The standard InChI is InChI=1S/C17H24FNO2/c1-20-13-4-5-14(15(18)10-13)16(19)12-6-9-21-17(11-12)7-2-3-8-17/h4-5,10,12,16H,2-3,6-9,11,19H2,1H3. The summed E-state index contributed by atoms with van der Waals surface area (Å²) in [6, 6.07) is 4.69. The minimum Gasteiger partial charge on any atom is -0.497 e. The largest absolute Gasteiger partial charge is 0.497 e. The molecule has 1 heterocycles. The Labute approximate surface area is 125 Å². The molecule has 0 aromatic heterocycles. The van der Waals surface area contributed by atoms with E-state index in [0.29, 0.717) is 17.2 Å². The van der Waals surface area contributed by atoms with E-state index < -0.39 is 0 Å². The molecule has 2 N–H and O–H groups in total. The van der Waals surface area contributed by atoms with Gasteiger partial charge in [-0.1, -0.05) is 18.9 Å². The van der Waals surface area contributed by atoms with Crippen LogP contribution in [0.2, 0.25) is 0 Å². The molecule has 1 saturated heterocycles. The van der Waals surface area contributed by atoms with E-state index in [2.05, 4.69) is 0 Å². The average molecular weight is 293 g/mol. The van der Waals surface area contributed by atoms with Gasteiger partial charge in [0.25, 0.3) is 0 Å². The molecular formula is C17H24FNO2. The number of rotatable bonds is 3. The van der Waals surface area contributed by atoms with Crippen LogP contribution in [0.25, 0.3) is 0 Å². The molecule has 1 aromatic carbocycles. The molecule has 3 nitrogen and oxygen atoms in total. The van der Waals surface area contributed by atoms with Gasteiger partial charge in [0.1, 0.15) is 11.6 Å². The van der Waals surface area contributed by atoms with Crippen molar-refractivity contribution in [2.24, 2.45) is 11.7 Å². The van der Waals surface area contributed by atoms with Gasteiger partial charge in [-0.15, -0.1) is 0 Å². The van der Waals surface area contributed by atoms with Crippen LogP contribution >= 0.6 is 0 Å². The van der Waals surface area contributed by atoms with Crippen LogP contribution in [0.15, 0.2) is 18.2 Å². The van der Waals surface area contributed by atoms with Crippen LogP contribution in [-0.2, 0) is 4.74 Å². The van der Waals surface area contributed by atoms with Crippen LogP contribution in [0.1, 0.15) is 50.1 Å². The first-order valence-electron chi connectivity index (χ1n) is 7.86. The molecule has 2 atom stereocenters. The molecule has 3 rings (SSSR count). The average Bonchev–Trinajstić information content (AvgIpc) is 2.94. The molecular weight excluding hydrogens is 269 g/mol. The number of halogens is 1. The zero-order valence-corrected chi connectivity index (χ0v) is 12.6. The van der Waals surface area contributed by atoms with Gasteiger partial charge in [-0.25, -0.2) is 4.39 Å². The zero-order valence-electron chi connectivity index (χ0n) is 12.6. The minimum absolute atomic E-state index is 0.0173. The third-order valence-electron chi connectivity index (χ3n) is 5.12. The fourth-order valence-corrected chi connectivity index (χ4v) is 3.90. The summed E-state index contributed by atoms with van der Waals surface area (Å²) in [5, 5.41) is 0. The Hall–Kier alpha value is -1.13. The Morgan fingerprint density at radius 1 is 1.38 bits per heavy atom. The van der Waals surface area contributed by atoms with E-state index in [0.717, 1.165) is 32.3 Å². The smallest absolute Gasteiger partial charge is 0.131 e. The molecule has 0 radical (unpaired) electrons. The van der Waals surface area contributed by atoms with Gasteiger partial charge in [-0.2, -0.15) is 0 Å². The molecule has 0 amide bonds. The van der Waals surface area contributed by atoms with Gasteiger partial charge in [0.2, 0.25) is 0 Å². The van der Waals surface area contributed by atoms with Gasteiger partial charge < -0.3 is 15.2 Å². The summed E-state index contributed by atoms with van der Waals surface area (Å²) in [5.74, 6) is 0.552. The second-order valence-electron chi connectivity index (χ2n) is 6.40. The lowest BCUT2D eigenvalue weighted by Crippen LogP contribution is -2.40. The highest BCUT2D eigenvalue weighted by Crippen LogP contribution is 2.45. The van der Waals surface area contributed by atoms with Crippen molar-refractivity contribution in [1.29, 1.82) is 0 Å². The number of nitrogens with two attached hydrogens (primary N) is 1. The van der Waals surface area contributed by atoms with E-state index in [-0.39, 0.29) is 17.5 Å². The first-order valence-corrected chi connectivity index (χ1v) is 7.86. The van der Waals surface area contributed by atoms with Gasteiger partial charge in [0, 0.05) is 24.3 Å². The van der Waals surface area contributed by atoms with Crippen molar-refractivity contribution in [3.63, 3.8) is 0 Å². The predicted molar refractivity (Wildman–Crippen MR) is 79.8 cm³/mol. The Morgan fingerprint density at radius 3 is 2.81 bits per heavy atom. The highest BCUT2D eigenvalue weighted by Gasteiger charge is 2.41. The van der Waals surface area contributed by atoms with Gasteiger partial charge in [-0.3, -0.25) is 0 Å². The number of hydrogen-bond acceptors (Lipinski definition) is 3. The lowest BCUT2D eigenvalue weighted by atomic mass is 9.79. The normalized spacial score (nSPS) is 26.0. The summed E-state index contributed by atoms with van der Waals surface area (Å²) in [7, 11) is 1.54. The van der Waals surface area contributed by atoms with Gasteiger partial charge in [0.05, 0.1) is 12.7 Å². The van der Waals surface area contributed by atoms with Crippen molar-refractivity contribution in [3.8, 4) is 5.75 Å². The maximum absolute atomic E-state index is 14.2. The lowest BCUT2D eigenvalue weighted by molar-refractivity contribution is -0.0965. The maximum Gasteiger partial charge on any atom is 0.131 e. The fraction of sp³-hybridized carbons (Fsp3) is 0.647. The van der Waals surface area contributed by atoms with Crippen molar-refractivity contribution in [2.45, 2.75) is 50.2 Å². The molecule has 1 aromatic rings. The molecule has 2 aliphatic rings. The van der Waals surface area contributed by atoms with Gasteiger partial charge in [0.15, 0.2) is 0 Å². The number of hydrogen-bond donors (Lipinski definition) is 1. The van der Waals surface area contributed by atoms with Crippen LogP contribution in [0.4, 0.5) is 4.39 Å². The summed E-state index contributed by atoms with van der Waals surface area (Å²) in [6.07, 6.45) is 6.59. The van der Waals surface area contributed by atoms with Crippen LogP contribution in [0.5, 0.6) is 5.75 Å². The van der Waals surface area contributed by atoms with Crippen molar-refractivity contribution in [1.82, 2.24) is 0 Å². The van der Waals surface area contributed by atoms with Crippen molar-refractivity contribution >= 4 is 0 Å². The maximum atomic E-state index is 14.2. The van der Waals surface area contributed by atoms with E-state index in [9.17, 15) is 4.39 Å². The van der Waals surface area contributed by atoms with E-state index in [1.807, 2.05) is 0 Å². The molecule has 21 heavy (non-hydrogen) atoms. The van der Waals surface area contributed by atoms with Crippen molar-refractivity contribution < 1.29 is 13.9 Å². The lowest BCUT2D eigenvalue weighted by Gasteiger charge is -2.40. The first kappa shape index (κ1) is 14.8. The SMILES string of the molecule is COc1ccc(C(N)C2CCOC3(CCCC3)C2)c(F)c1. The number of ether oxygens (including phenoxy) is 2. The molecule has 1 aliphatic carbocycles. The molecule has 0 bridgehead atoms. The Kier molecular flexibility index (Phi) is 4.18. The van der Waals surface area contributed by atoms with E-state index >= 15 is 0 Å². The van der Waals surface area contributed by atoms with Crippen molar-refractivity contribution in [2.75, 3.05) is 13.7 Å². The molecule has 116 valence electrons. The summed E-state index contributed by atoms with van der Waals surface area (Å²) >= 11 is 0.